The lowest BCUT2D eigenvalue weighted by atomic mass is 10.0. The van der Waals surface area contributed by atoms with Gasteiger partial charge in [-0.2, -0.15) is 15.0 Å². The second-order valence-electron chi connectivity index (χ2n) is 4.54. The molecule has 1 aromatic carbocycles. The molecule has 0 amide bonds. The number of aromatic nitrogens is 3. The summed E-state index contributed by atoms with van der Waals surface area (Å²) in [6.45, 7) is 6.44. The van der Waals surface area contributed by atoms with Gasteiger partial charge in [-0.05, 0) is 38.0 Å². The lowest BCUT2D eigenvalue weighted by Crippen LogP contribution is -2.06. The fraction of sp³-hybridized carbons (Fsp3) is 0.400. The second-order valence-corrected chi connectivity index (χ2v) is 4.54. The van der Waals surface area contributed by atoms with Crippen molar-refractivity contribution in [1.29, 1.82) is 0 Å². The zero-order valence-corrected chi connectivity index (χ0v) is 13.0. The maximum absolute atomic E-state index is 5.52. The molecule has 0 fully saturated rings. The molecule has 0 radical (unpaired) electrons. The SMILES string of the molecule is CCOc1nc(NC)nc(-c2ccc(C)c(C)c2OC)n1. The van der Waals surface area contributed by atoms with Gasteiger partial charge in [0, 0.05) is 7.05 Å². The van der Waals surface area contributed by atoms with Crippen molar-refractivity contribution in [3.8, 4) is 23.1 Å². The number of methoxy groups -OCH3 is 1. The summed E-state index contributed by atoms with van der Waals surface area (Å²) in [4.78, 5) is 12.9. The Morgan fingerprint density at radius 2 is 1.90 bits per heavy atom. The third-order valence-electron chi connectivity index (χ3n) is 3.23. The molecule has 6 heteroatoms. The summed E-state index contributed by atoms with van der Waals surface area (Å²) in [6.07, 6.45) is 0. The first kappa shape index (κ1) is 15.0. The van der Waals surface area contributed by atoms with Gasteiger partial charge < -0.3 is 14.8 Å². The van der Waals surface area contributed by atoms with Crippen LogP contribution >= 0.6 is 0 Å². The van der Waals surface area contributed by atoms with Gasteiger partial charge in [0.15, 0.2) is 5.82 Å². The fourth-order valence-electron chi connectivity index (χ4n) is 2.01. The first-order valence-corrected chi connectivity index (χ1v) is 6.81. The molecule has 0 saturated carbocycles. The highest BCUT2D eigenvalue weighted by molar-refractivity contribution is 5.68. The standard InChI is InChI=1S/C15H20N4O2/c1-6-21-15-18-13(17-14(16-4)19-15)11-8-7-9(2)10(3)12(11)20-5/h7-8H,6H2,1-5H3,(H,16,17,18,19). The Bertz CT molecular complexity index is 644. The Hall–Kier alpha value is -2.37. The van der Waals surface area contributed by atoms with Crippen LogP contribution < -0.4 is 14.8 Å². The van der Waals surface area contributed by atoms with E-state index in [2.05, 4.69) is 20.3 Å². The Kier molecular flexibility index (Phi) is 4.57. The van der Waals surface area contributed by atoms with Gasteiger partial charge in [-0.1, -0.05) is 6.07 Å². The summed E-state index contributed by atoms with van der Waals surface area (Å²) >= 11 is 0. The number of hydrogen-bond donors (Lipinski definition) is 1. The summed E-state index contributed by atoms with van der Waals surface area (Å²) in [7, 11) is 3.40. The number of hydrogen-bond acceptors (Lipinski definition) is 6. The van der Waals surface area contributed by atoms with Crippen molar-refractivity contribution >= 4 is 5.95 Å². The van der Waals surface area contributed by atoms with Crippen LogP contribution in [0, 0.1) is 13.8 Å². The molecular formula is C15H20N4O2. The number of benzene rings is 1. The van der Waals surface area contributed by atoms with Gasteiger partial charge in [-0.15, -0.1) is 0 Å². The summed E-state index contributed by atoms with van der Waals surface area (Å²) in [6, 6.07) is 4.27. The van der Waals surface area contributed by atoms with Crippen molar-refractivity contribution in [2.45, 2.75) is 20.8 Å². The van der Waals surface area contributed by atoms with Crippen LogP contribution in [0.5, 0.6) is 11.8 Å². The van der Waals surface area contributed by atoms with E-state index in [9.17, 15) is 0 Å². The predicted octanol–water partition coefficient (Wildman–Crippen LogP) is 2.60. The molecule has 1 N–H and O–H groups in total. The molecule has 0 spiro atoms. The van der Waals surface area contributed by atoms with Gasteiger partial charge in [0.05, 0.1) is 19.3 Å². The highest BCUT2D eigenvalue weighted by Crippen LogP contribution is 2.33. The van der Waals surface area contributed by atoms with Crippen LogP contribution in [0.15, 0.2) is 12.1 Å². The molecule has 2 rings (SSSR count). The summed E-state index contributed by atoms with van der Waals surface area (Å²) in [5.74, 6) is 1.76. The van der Waals surface area contributed by atoms with Gasteiger partial charge in [-0.25, -0.2) is 0 Å². The van der Waals surface area contributed by atoms with E-state index in [1.165, 1.54) is 0 Å². The zero-order chi connectivity index (χ0) is 15.4. The molecular weight excluding hydrogens is 268 g/mol. The molecule has 1 heterocycles. The number of aryl methyl sites for hydroxylation is 1. The van der Waals surface area contributed by atoms with Crippen molar-refractivity contribution in [2.24, 2.45) is 0 Å². The number of nitrogens with zero attached hydrogens (tertiary/aromatic N) is 3. The predicted molar refractivity (Wildman–Crippen MR) is 82.0 cm³/mol. The minimum atomic E-state index is 0.298. The number of rotatable bonds is 5. The van der Waals surface area contributed by atoms with Crippen LogP contribution in [-0.2, 0) is 0 Å². The van der Waals surface area contributed by atoms with E-state index in [-0.39, 0.29) is 0 Å². The molecule has 0 atom stereocenters. The van der Waals surface area contributed by atoms with Crippen molar-refractivity contribution in [2.75, 3.05) is 26.1 Å². The number of ether oxygens (including phenoxy) is 2. The Morgan fingerprint density at radius 3 is 2.52 bits per heavy atom. The summed E-state index contributed by atoms with van der Waals surface area (Å²) < 4.78 is 10.9. The molecule has 6 nitrogen and oxygen atoms in total. The van der Waals surface area contributed by atoms with E-state index in [0.29, 0.717) is 24.4 Å². The topological polar surface area (TPSA) is 69.2 Å². The first-order chi connectivity index (χ1) is 10.1. The molecule has 2 aromatic rings. The van der Waals surface area contributed by atoms with Crippen LogP contribution in [0.2, 0.25) is 0 Å². The van der Waals surface area contributed by atoms with Gasteiger partial charge in [0.25, 0.3) is 0 Å². The Balaban J connectivity index is 2.60. The van der Waals surface area contributed by atoms with Crippen LogP contribution in [-0.4, -0.2) is 35.7 Å². The molecule has 0 bridgehead atoms. The van der Waals surface area contributed by atoms with E-state index < -0.39 is 0 Å². The molecule has 0 aliphatic heterocycles. The maximum atomic E-state index is 5.52. The van der Waals surface area contributed by atoms with Crippen LogP contribution in [0.4, 0.5) is 5.95 Å². The minimum Gasteiger partial charge on any atom is -0.496 e. The smallest absolute Gasteiger partial charge is 0.321 e. The lowest BCUT2D eigenvalue weighted by molar-refractivity contribution is 0.312. The van der Waals surface area contributed by atoms with E-state index in [4.69, 9.17) is 9.47 Å². The molecule has 0 aliphatic rings. The minimum absolute atomic E-state index is 0.298. The van der Waals surface area contributed by atoms with E-state index in [1.54, 1.807) is 14.2 Å². The highest BCUT2D eigenvalue weighted by atomic mass is 16.5. The molecule has 1 aromatic heterocycles. The van der Waals surface area contributed by atoms with E-state index in [0.717, 1.165) is 22.4 Å². The lowest BCUT2D eigenvalue weighted by Gasteiger charge is -2.13. The van der Waals surface area contributed by atoms with Gasteiger partial charge in [0.1, 0.15) is 5.75 Å². The number of nitrogens with one attached hydrogen (secondary N) is 1. The molecule has 0 saturated heterocycles. The maximum Gasteiger partial charge on any atom is 0.321 e. The largest absolute Gasteiger partial charge is 0.496 e. The van der Waals surface area contributed by atoms with Crippen LogP contribution in [0.25, 0.3) is 11.4 Å². The molecule has 21 heavy (non-hydrogen) atoms. The third-order valence-corrected chi connectivity index (χ3v) is 3.23. The second kappa shape index (κ2) is 6.39. The van der Waals surface area contributed by atoms with E-state index >= 15 is 0 Å². The van der Waals surface area contributed by atoms with Crippen molar-refractivity contribution in [3.05, 3.63) is 23.3 Å². The van der Waals surface area contributed by atoms with Gasteiger partial charge in [0.2, 0.25) is 5.95 Å². The van der Waals surface area contributed by atoms with Gasteiger partial charge >= 0.3 is 6.01 Å². The van der Waals surface area contributed by atoms with Crippen LogP contribution in [0.3, 0.4) is 0 Å². The van der Waals surface area contributed by atoms with Gasteiger partial charge in [-0.3, -0.25) is 0 Å². The summed E-state index contributed by atoms with van der Waals surface area (Å²) in [5.41, 5.74) is 3.04. The number of anilines is 1. The van der Waals surface area contributed by atoms with Crippen LogP contribution in [0.1, 0.15) is 18.1 Å². The molecule has 0 aliphatic carbocycles. The highest BCUT2D eigenvalue weighted by Gasteiger charge is 2.15. The normalized spacial score (nSPS) is 10.3. The first-order valence-electron chi connectivity index (χ1n) is 6.81. The van der Waals surface area contributed by atoms with Crippen molar-refractivity contribution in [3.63, 3.8) is 0 Å². The average Bonchev–Trinajstić information content (AvgIpc) is 2.49. The average molecular weight is 288 g/mol. The van der Waals surface area contributed by atoms with Crippen molar-refractivity contribution in [1.82, 2.24) is 15.0 Å². The fourth-order valence-corrected chi connectivity index (χ4v) is 2.01. The molecule has 112 valence electrons. The third kappa shape index (κ3) is 3.04. The Morgan fingerprint density at radius 1 is 1.14 bits per heavy atom. The summed E-state index contributed by atoms with van der Waals surface area (Å²) in [5, 5.41) is 2.92. The Labute approximate surface area is 124 Å². The molecule has 0 unspecified atom stereocenters. The zero-order valence-electron chi connectivity index (χ0n) is 13.0. The van der Waals surface area contributed by atoms with E-state index in [1.807, 2.05) is 32.9 Å². The van der Waals surface area contributed by atoms with Crippen molar-refractivity contribution < 1.29 is 9.47 Å². The monoisotopic (exact) mass is 288 g/mol. The quantitative estimate of drug-likeness (QED) is 0.912.